The van der Waals surface area contributed by atoms with Crippen LogP contribution in [-0.4, -0.2) is 36.0 Å². The Kier molecular flexibility index (Phi) is 5.20. The zero-order chi connectivity index (χ0) is 17.0. The number of para-hydroxylation sites is 1. The molecule has 0 fully saturated rings. The summed E-state index contributed by atoms with van der Waals surface area (Å²) in [4.78, 5) is 29.4. The molecule has 0 radical (unpaired) electrons. The van der Waals surface area contributed by atoms with Gasteiger partial charge in [-0.3, -0.25) is 4.79 Å². The van der Waals surface area contributed by atoms with Crippen LogP contribution in [-0.2, 0) is 16.1 Å². The van der Waals surface area contributed by atoms with Crippen molar-refractivity contribution in [1.29, 1.82) is 0 Å². The van der Waals surface area contributed by atoms with Crippen LogP contribution in [0.4, 0.5) is 10.5 Å². The zero-order valence-electron chi connectivity index (χ0n) is 13.6. The molecule has 2 amide bonds. The highest BCUT2D eigenvalue weighted by atomic mass is 16.5. The third-order valence-corrected chi connectivity index (χ3v) is 4.08. The SMILES string of the molecule is CC[C@H](C)[C@H]1C(=O)Nc2ccccc2CN1/C(N)=N/C(=O)OC. The number of methoxy groups -OCH3 is 1. The highest BCUT2D eigenvalue weighted by Gasteiger charge is 2.35. The van der Waals surface area contributed by atoms with Gasteiger partial charge in [-0.25, -0.2) is 4.79 Å². The second-order valence-electron chi connectivity index (χ2n) is 5.54. The van der Waals surface area contributed by atoms with E-state index in [0.29, 0.717) is 6.54 Å². The van der Waals surface area contributed by atoms with E-state index in [1.54, 1.807) is 4.90 Å². The maximum absolute atomic E-state index is 12.7. The zero-order valence-corrected chi connectivity index (χ0v) is 13.6. The number of carbonyl (C=O) groups is 2. The largest absolute Gasteiger partial charge is 0.451 e. The number of ether oxygens (including phenoxy) is 1. The summed E-state index contributed by atoms with van der Waals surface area (Å²) in [5, 5.41) is 2.93. The van der Waals surface area contributed by atoms with Gasteiger partial charge in [0.15, 0.2) is 0 Å². The lowest BCUT2D eigenvalue weighted by Crippen LogP contribution is -2.51. The topological polar surface area (TPSA) is 97.0 Å². The molecular weight excluding hydrogens is 296 g/mol. The number of hydrogen-bond donors (Lipinski definition) is 2. The summed E-state index contributed by atoms with van der Waals surface area (Å²) >= 11 is 0. The Morgan fingerprint density at radius 1 is 1.52 bits per heavy atom. The number of fused-ring (bicyclic) bond motifs is 1. The second-order valence-corrected chi connectivity index (χ2v) is 5.54. The lowest BCUT2D eigenvalue weighted by molar-refractivity contribution is -0.121. The number of nitrogens with two attached hydrogens (primary N) is 1. The van der Waals surface area contributed by atoms with Gasteiger partial charge in [-0.15, -0.1) is 4.99 Å². The molecule has 0 aliphatic carbocycles. The molecule has 0 bridgehead atoms. The van der Waals surface area contributed by atoms with Gasteiger partial charge in [0.25, 0.3) is 0 Å². The summed E-state index contributed by atoms with van der Waals surface area (Å²) in [6, 6.07) is 6.99. The smallest absolute Gasteiger partial charge is 0.436 e. The summed E-state index contributed by atoms with van der Waals surface area (Å²) in [7, 11) is 1.23. The van der Waals surface area contributed by atoms with E-state index in [4.69, 9.17) is 5.73 Å². The maximum Gasteiger partial charge on any atom is 0.436 e. The average Bonchev–Trinajstić information content (AvgIpc) is 2.69. The van der Waals surface area contributed by atoms with Crippen molar-refractivity contribution in [3.05, 3.63) is 29.8 Å². The molecule has 0 saturated heterocycles. The first-order valence-electron chi connectivity index (χ1n) is 7.55. The summed E-state index contributed by atoms with van der Waals surface area (Å²) in [5.74, 6) is -0.142. The minimum Gasteiger partial charge on any atom is -0.451 e. The van der Waals surface area contributed by atoms with E-state index < -0.39 is 12.1 Å². The van der Waals surface area contributed by atoms with Crippen molar-refractivity contribution in [2.75, 3.05) is 12.4 Å². The Bertz CT molecular complexity index is 630. The second kappa shape index (κ2) is 7.13. The molecular formula is C16H22N4O3. The standard InChI is InChI=1S/C16H22N4O3/c1-4-10(2)13-14(21)18-12-8-6-5-7-11(12)9-20(13)15(17)19-16(22)23-3/h5-8,10,13H,4,9H2,1-3H3,(H,18,21)(H2,17,19,22)/t10-,13-/m0/s1. The maximum atomic E-state index is 12.7. The fourth-order valence-corrected chi connectivity index (χ4v) is 2.63. The van der Waals surface area contributed by atoms with Crippen LogP contribution in [0.1, 0.15) is 25.8 Å². The number of hydrogen-bond acceptors (Lipinski definition) is 3. The van der Waals surface area contributed by atoms with E-state index in [1.165, 1.54) is 7.11 Å². The van der Waals surface area contributed by atoms with E-state index in [1.807, 2.05) is 38.1 Å². The van der Waals surface area contributed by atoms with Gasteiger partial charge < -0.3 is 20.7 Å². The third-order valence-electron chi connectivity index (χ3n) is 4.08. The summed E-state index contributed by atoms with van der Waals surface area (Å²) < 4.78 is 4.53. The van der Waals surface area contributed by atoms with Crippen LogP contribution in [0.25, 0.3) is 0 Å². The number of guanidine groups is 1. The minimum atomic E-state index is -0.789. The molecule has 7 heteroatoms. The number of aliphatic imine (C=N–C) groups is 1. The number of anilines is 1. The van der Waals surface area contributed by atoms with Crippen LogP contribution in [0.2, 0.25) is 0 Å². The average molecular weight is 318 g/mol. The van der Waals surface area contributed by atoms with Crippen LogP contribution >= 0.6 is 0 Å². The molecule has 3 N–H and O–H groups in total. The molecule has 0 spiro atoms. The Morgan fingerprint density at radius 2 is 2.22 bits per heavy atom. The minimum absolute atomic E-state index is 0.0194. The van der Waals surface area contributed by atoms with E-state index in [-0.39, 0.29) is 17.8 Å². The number of nitrogens with zero attached hydrogens (tertiary/aromatic N) is 2. The van der Waals surface area contributed by atoms with Crippen molar-refractivity contribution < 1.29 is 14.3 Å². The number of nitrogens with one attached hydrogen (secondary N) is 1. The van der Waals surface area contributed by atoms with Gasteiger partial charge in [0.1, 0.15) is 6.04 Å². The van der Waals surface area contributed by atoms with Crippen LogP contribution in [0.3, 0.4) is 0 Å². The quantitative estimate of drug-likeness (QED) is 0.641. The third kappa shape index (κ3) is 3.61. The molecule has 1 aromatic carbocycles. The molecule has 0 saturated carbocycles. The normalized spacial score (nSPS) is 19.4. The summed E-state index contributed by atoms with van der Waals surface area (Å²) in [6.07, 6.45) is -0.000441. The lowest BCUT2D eigenvalue weighted by atomic mass is 9.97. The van der Waals surface area contributed by atoms with E-state index in [2.05, 4.69) is 15.0 Å². The molecule has 2 rings (SSSR count). The lowest BCUT2D eigenvalue weighted by Gasteiger charge is -2.32. The van der Waals surface area contributed by atoms with Crippen LogP contribution in [0.15, 0.2) is 29.3 Å². The Hall–Kier alpha value is -2.57. The van der Waals surface area contributed by atoms with Crippen LogP contribution in [0.5, 0.6) is 0 Å². The molecule has 0 aromatic heterocycles. The number of benzene rings is 1. The number of rotatable bonds is 2. The molecule has 1 aliphatic rings. The summed E-state index contributed by atoms with van der Waals surface area (Å²) in [6.45, 7) is 4.36. The molecule has 124 valence electrons. The van der Waals surface area contributed by atoms with Gasteiger partial charge in [0, 0.05) is 12.2 Å². The van der Waals surface area contributed by atoms with Gasteiger partial charge in [-0.2, -0.15) is 0 Å². The van der Waals surface area contributed by atoms with Gasteiger partial charge in [0.2, 0.25) is 11.9 Å². The van der Waals surface area contributed by atoms with E-state index in [9.17, 15) is 9.59 Å². The fourth-order valence-electron chi connectivity index (χ4n) is 2.63. The predicted molar refractivity (Wildman–Crippen MR) is 87.9 cm³/mol. The predicted octanol–water partition coefficient (Wildman–Crippen LogP) is 1.94. The molecule has 1 aromatic rings. The first kappa shape index (κ1) is 16.8. The molecule has 1 aliphatic heterocycles. The first-order valence-corrected chi connectivity index (χ1v) is 7.55. The van der Waals surface area contributed by atoms with Crippen molar-refractivity contribution in [3.8, 4) is 0 Å². The molecule has 1 heterocycles. The first-order chi connectivity index (χ1) is 11.0. The molecule has 0 unspecified atom stereocenters. The Balaban J connectivity index is 2.46. The highest BCUT2D eigenvalue weighted by molar-refractivity contribution is 6.00. The molecule has 7 nitrogen and oxygen atoms in total. The van der Waals surface area contributed by atoms with Gasteiger partial charge in [-0.1, -0.05) is 38.5 Å². The Labute approximate surface area is 135 Å². The van der Waals surface area contributed by atoms with E-state index in [0.717, 1.165) is 17.7 Å². The number of amides is 2. The van der Waals surface area contributed by atoms with Crippen molar-refractivity contribution in [3.63, 3.8) is 0 Å². The molecule has 2 atom stereocenters. The monoisotopic (exact) mass is 318 g/mol. The van der Waals surface area contributed by atoms with Crippen molar-refractivity contribution in [2.45, 2.75) is 32.9 Å². The van der Waals surface area contributed by atoms with Crippen molar-refractivity contribution >= 4 is 23.6 Å². The van der Waals surface area contributed by atoms with E-state index >= 15 is 0 Å². The number of carbonyl (C=O) groups excluding carboxylic acids is 2. The van der Waals surface area contributed by atoms with Crippen LogP contribution in [0, 0.1) is 5.92 Å². The van der Waals surface area contributed by atoms with Gasteiger partial charge >= 0.3 is 6.09 Å². The summed E-state index contributed by atoms with van der Waals surface area (Å²) in [5.41, 5.74) is 7.65. The highest BCUT2D eigenvalue weighted by Crippen LogP contribution is 2.26. The van der Waals surface area contributed by atoms with Crippen LogP contribution < -0.4 is 11.1 Å². The van der Waals surface area contributed by atoms with Crippen molar-refractivity contribution in [2.24, 2.45) is 16.6 Å². The fraction of sp³-hybridized carbons (Fsp3) is 0.438. The molecule has 23 heavy (non-hydrogen) atoms. The Morgan fingerprint density at radius 3 is 2.87 bits per heavy atom. The van der Waals surface area contributed by atoms with Gasteiger partial charge in [0.05, 0.1) is 7.11 Å². The van der Waals surface area contributed by atoms with Crippen molar-refractivity contribution in [1.82, 2.24) is 4.90 Å². The van der Waals surface area contributed by atoms with Gasteiger partial charge in [-0.05, 0) is 17.5 Å².